The van der Waals surface area contributed by atoms with Crippen molar-refractivity contribution in [3.63, 3.8) is 0 Å². The van der Waals surface area contributed by atoms with Gasteiger partial charge in [-0.25, -0.2) is 0 Å². The van der Waals surface area contributed by atoms with E-state index in [-0.39, 0.29) is 11.2 Å². The fourth-order valence-electron chi connectivity index (χ4n) is 3.08. The summed E-state index contributed by atoms with van der Waals surface area (Å²) < 4.78 is 0. The molecule has 1 aromatic carbocycles. The normalized spacial score (nSPS) is 29.9. The second-order valence-corrected chi connectivity index (χ2v) is 5.62. The topological polar surface area (TPSA) is 79.0 Å². The first-order valence-electron chi connectivity index (χ1n) is 6.82. The first kappa shape index (κ1) is 13.2. The molecule has 1 fully saturated rings. The van der Waals surface area contributed by atoms with Gasteiger partial charge in [-0.2, -0.15) is 5.06 Å². The number of hydrogen-bond acceptors (Lipinski definition) is 5. The summed E-state index contributed by atoms with van der Waals surface area (Å²) in [4.78, 5) is 14.9. The fourth-order valence-corrected chi connectivity index (χ4v) is 3.08. The second kappa shape index (κ2) is 4.64. The van der Waals surface area contributed by atoms with Crippen LogP contribution in [0.2, 0.25) is 0 Å². The fraction of sp³-hybridized carbons (Fsp3) is 0.500. The number of rotatable bonds is 2. The third kappa shape index (κ3) is 1.92. The quantitative estimate of drug-likeness (QED) is 0.664. The van der Waals surface area contributed by atoms with Crippen LogP contribution in [0, 0.1) is 10.1 Å². The van der Waals surface area contributed by atoms with Gasteiger partial charge in [-0.05, 0) is 43.9 Å². The van der Waals surface area contributed by atoms with Crippen LogP contribution in [0.15, 0.2) is 29.3 Å². The van der Waals surface area contributed by atoms with Gasteiger partial charge in [-0.3, -0.25) is 15.1 Å². The van der Waals surface area contributed by atoms with Crippen LogP contribution >= 0.6 is 0 Å². The Kier molecular flexibility index (Phi) is 3.07. The number of nitro benzene ring substituents is 1. The molecule has 0 amide bonds. The molecule has 0 aromatic heterocycles. The van der Waals surface area contributed by atoms with Gasteiger partial charge in [0.05, 0.1) is 10.5 Å². The number of nitro groups is 1. The summed E-state index contributed by atoms with van der Waals surface area (Å²) in [5, 5.41) is 22.4. The largest absolute Gasteiger partial charge is 0.311 e. The number of nitrogens with zero attached hydrogens (tertiary/aromatic N) is 3. The van der Waals surface area contributed by atoms with Gasteiger partial charge in [0.25, 0.3) is 5.69 Å². The van der Waals surface area contributed by atoms with E-state index in [0.29, 0.717) is 0 Å². The molecule has 1 aromatic rings. The van der Waals surface area contributed by atoms with Crippen LogP contribution in [0.25, 0.3) is 0 Å². The lowest BCUT2D eigenvalue weighted by Crippen LogP contribution is -2.48. The highest BCUT2D eigenvalue weighted by atomic mass is 16.6. The molecule has 0 radical (unpaired) electrons. The van der Waals surface area contributed by atoms with Crippen molar-refractivity contribution in [2.45, 2.75) is 44.3 Å². The second-order valence-electron chi connectivity index (χ2n) is 5.62. The number of non-ortho nitro benzene ring substituents is 1. The minimum atomic E-state index is -0.450. The zero-order chi connectivity index (χ0) is 14.3. The van der Waals surface area contributed by atoms with E-state index < -0.39 is 11.1 Å². The molecule has 0 spiro atoms. The van der Waals surface area contributed by atoms with Gasteiger partial charge in [0, 0.05) is 17.8 Å². The molecule has 2 unspecified atom stereocenters. The lowest BCUT2D eigenvalue weighted by Gasteiger charge is -2.36. The molecule has 6 heteroatoms. The summed E-state index contributed by atoms with van der Waals surface area (Å²) >= 11 is 0. The van der Waals surface area contributed by atoms with Crippen molar-refractivity contribution < 1.29 is 10.1 Å². The average Bonchev–Trinajstić information content (AvgIpc) is 2.72. The zero-order valence-electron chi connectivity index (χ0n) is 11.3. The van der Waals surface area contributed by atoms with Crippen molar-refractivity contribution in [3.8, 4) is 0 Å². The summed E-state index contributed by atoms with van der Waals surface area (Å²) in [5.74, 6) is 0. The van der Waals surface area contributed by atoms with Crippen molar-refractivity contribution in [1.82, 2.24) is 5.06 Å². The van der Waals surface area contributed by atoms with Gasteiger partial charge in [0.1, 0.15) is 0 Å². The van der Waals surface area contributed by atoms with Crippen LogP contribution in [0.4, 0.5) is 5.69 Å². The lowest BCUT2D eigenvalue weighted by molar-refractivity contribution is -0.384. The third-order valence-electron chi connectivity index (χ3n) is 4.37. The molecule has 3 rings (SSSR count). The standard InChI is InChI=1S/C14H17N3O3/c1-14-9-3-2-4-12(14)15-13(16(14)18)10-5-7-11(8-6-10)17(19)20/h5-8,13,18H,2-4,9H2,1H3. The Morgan fingerprint density at radius 1 is 1.40 bits per heavy atom. The van der Waals surface area contributed by atoms with Crippen LogP contribution < -0.4 is 0 Å². The molecule has 0 saturated heterocycles. The predicted molar refractivity (Wildman–Crippen MR) is 73.8 cm³/mol. The minimum Gasteiger partial charge on any atom is -0.311 e. The van der Waals surface area contributed by atoms with Crippen LogP contribution in [-0.2, 0) is 0 Å². The van der Waals surface area contributed by atoms with Gasteiger partial charge >= 0.3 is 0 Å². The molecule has 2 aliphatic rings. The molecule has 0 bridgehead atoms. The highest BCUT2D eigenvalue weighted by molar-refractivity contribution is 5.95. The Bertz CT molecular complexity index is 570. The summed E-state index contributed by atoms with van der Waals surface area (Å²) in [6.45, 7) is 2.01. The summed E-state index contributed by atoms with van der Waals surface area (Å²) in [5.41, 5.74) is 1.48. The van der Waals surface area contributed by atoms with E-state index in [9.17, 15) is 15.3 Å². The van der Waals surface area contributed by atoms with Gasteiger partial charge in [0.15, 0.2) is 6.17 Å². The zero-order valence-corrected chi connectivity index (χ0v) is 11.3. The van der Waals surface area contributed by atoms with Crippen LogP contribution in [0.5, 0.6) is 0 Å². The smallest absolute Gasteiger partial charge is 0.269 e. The molecular formula is C14H17N3O3. The lowest BCUT2D eigenvalue weighted by atomic mass is 9.82. The molecule has 1 aliphatic heterocycles. The molecular weight excluding hydrogens is 258 g/mol. The van der Waals surface area contributed by atoms with Crippen molar-refractivity contribution in [1.29, 1.82) is 0 Å². The van der Waals surface area contributed by atoms with Crippen molar-refractivity contribution in [3.05, 3.63) is 39.9 Å². The highest BCUT2D eigenvalue weighted by Gasteiger charge is 2.47. The maximum Gasteiger partial charge on any atom is 0.269 e. The van der Waals surface area contributed by atoms with Gasteiger partial charge in [-0.1, -0.05) is 6.42 Å². The molecule has 1 saturated carbocycles. The van der Waals surface area contributed by atoms with Gasteiger partial charge in [0.2, 0.25) is 0 Å². The Labute approximate surface area is 116 Å². The van der Waals surface area contributed by atoms with E-state index in [1.807, 2.05) is 6.92 Å². The van der Waals surface area contributed by atoms with Gasteiger partial charge < -0.3 is 5.21 Å². The van der Waals surface area contributed by atoms with E-state index in [1.165, 1.54) is 17.2 Å². The average molecular weight is 275 g/mol. The number of benzene rings is 1. The maximum absolute atomic E-state index is 10.7. The highest BCUT2D eigenvalue weighted by Crippen LogP contribution is 2.42. The predicted octanol–water partition coefficient (Wildman–Crippen LogP) is 3.07. The minimum absolute atomic E-state index is 0.0486. The van der Waals surface area contributed by atoms with E-state index >= 15 is 0 Å². The van der Waals surface area contributed by atoms with Crippen molar-refractivity contribution >= 4 is 11.4 Å². The van der Waals surface area contributed by atoms with Crippen LogP contribution in [-0.4, -0.2) is 26.4 Å². The molecule has 1 heterocycles. The first-order valence-corrected chi connectivity index (χ1v) is 6.82. The molecule has 1 N–H and O–H groups in total. The third-order valence-corrected chi connectivity index (χ3v) is 4.37. The summed E-state index contributed by atoms with van der Waals surface area (Å²) in [6.07, 6.45) is 3.55. The van der Waals surface area contributed by atoms with Crippen LogP contribution in [0.1, 0.15) is 44.3 Å². The number of fused-ring (bicyclic) bond motifs is 1. The molecule has 106 valence electrons. The molecule has 20 heavy (non-hydrogen) atoms. The number of hydroxylamine groups is 2. The van der Waals surface area contributed by atoms with E-state index in [0.717, 1.165) is 37.0 Å². The molecule has 2 atom stereocenters. The van der Waals surface area contributed by atoms with Gasteiger partial charge in [-0.15, -0.1) is 0 Å². The van der Waals surface area contributed by atoms with E-state index in [1.54, 1.807) is 12.1 Å². The van der Waals surface area contributed by atoms with Crippen molar-refractivity contribution in [2.24, 2.45) is 4.99 Å². The Morgan fingerprint density at radius 3 is 2.70 bits per heavy atom. The first-order chi connectivity index (χ1) is 9.52. The monoisotopic (exact) mass is 275 g/mol. The van der Waals surface area contributed by atoms with Crippen LogP contribution in [0.3, 0.4) is 0 Å². The summed E-state index contributed by atoms with van der Waals surface area (Å²) in [6, 6.07) is 6.23. The SMILES string of the molecule is CC12CCCCC1=NC(c1ccc([N+](=O)[O-])cc1)N2O. The van der Waals surface area contributed by atoms with E-state index in [4.69, 9.17) is 0 Å². The Morgan fingerprint density at radius 2 is 2.10 bits per heavy atom. The number of aliphatic imine (C=N–C) groups is 1. The molecule has 1 aliphatic carbocycles. The molecule has 6 nitrogen and oxygen atoms in total. The Balaban J connectivity index is 1.91. The number of hydrogen-bond donors (Lipinski definition) is 1. The maximum atomic E-state index is 10.7. The summed E-state index contributed by atoms with van der Waals surface area (Å²) in [7, 11) is 0. The Hall–Kier alpha value is -1.79. The van der Waals surface area contributed by atoms with E-state index in [2.05, 4.69) is 4.99 Å². The van der Waals surface area contributed by atoms with Crippen molar-refractivity contribution in [2.75, 3.05) is 0 Å².